The first-order chi connectivity index (χ1) is 8.83. The van der Waals surface area contributed by atoms with Gasteiger partial charge in [0.15, 0.2) is 0 Å². The van der Waals surface area contributed by atoms with E-state index in [0.29, 0.717) is 6.54 Å². The molecule has 1 aromatic rings. The van der Waals surface area contributed by atoms with Crippen molar-refractivity contribution in [3.8, 4) is 0 Å². The lowest BCUT2D eigenvalue weighted by atomic mass is 10.2. The van der Waals surface area contributed by atoms with Crippen molar-refractivity contribution in [2.24, 2.45) is 4.99 Å². The van der Waals surface area contributed by atoms with Crippen LogP contribution in [0.15, 0.2) is 59.6 Å². The van der Waals surface area contributed by atoms with Crippen LogP contribution in [0.2, 0.25) is 0 Å². The number of nitrogens with zero attached hydrogens (tertiary/aromatic N) is 1. The maximum absolute atomic E-state index is 8.50. The molecule has 0 aliphatic rings. The zero-order valence-electron chi connectivity index (χ0n) is 10.2. The van der Waals surface area contributed by atoms with E-state index in [2.05, 4.69) is 4.99 Å². The summed E-state index contributed by atoms with van der Waals surface area (Å²) < 4.78 is 0. The summed E-state index contributed by atoms with van der Waals surface area (Å²) >= 11 is 0. The molecule has 0 amide bonds. The Morgan fingerprint density at radius 1 is 1.00 bits per heavy atom. The molecule has 0 bridgehead atoms. The van der Waals surface area contributed by atoms with Gasteiger partial charge in [0.05, 0.1) is 13.2 Å². The fourth-order valence-corrected chi connectivity index (χ4v) is 1.21. The van der Waals surface area contributed by atoms with Gasteiger partial charge < -0.3 is 10.8 Å². The first-order valence-electron chi connectivity index (χ1n) is 5.79. The molecule has 0 atom stereocenters. The smallest absolute Gasteiger partial charge is 0.0626 e. The number of rotatable bonds is 6. The Balaban J connectivity index is 2.33. The molecule has 0 unspecified atom stereocenters. The second kappa shape index (κ2) is 8.96. The van der Waals surface area contributed by atoms with E-state index in [1.165, 1.54) is 0 Å². The molecule has 3 heteroatoms. The van der Waals surface area contributed by atoms with Gasteiger partial charge in [-0.05, 0) is 23.8 Å². The van der Waals surface area contributed by atoms with Crippen molar-refractivity contribution < 1.29 is 5.11 Å². The standard InChI is InChI=1S/C15H18N2O/c16-15-9-7-14(8-10-15)6-4-2-1-3-5-11-17-12-13-18/h1-11,18H,12-13,16H2/b2-1+,5-3-,6-4+,17-11?. The molecule has 0 aromatic heterocycles. The molecule has 3 N–H and O–H groups in total. The van der Waals surface area contributed by atoms with Crippen LogP contribution < -0.4 is 5.73 Å². The molecule has 0 radical (unpaired) electrons. The zero-order valence-corrected chi connectivity index (χ0v) is 10.2. The minimum absolute atomic E-state index is 0.0878. The number of benzene rings is 1. The van der Waals surface area contributed by atoms with Gasteiger partial charge in [-0.3, -0.25) is 4.99 Å². The van der Waals surface area contributed by atoms with Crippen LogP contribution >= 0.6 is 0 Å². The third-order valence-corrected chi connectivity index (χ3v) is 2.09. The number of nitrogen functional groups attached to an aromatic ring is 1. The van der Waals surface area contributed by atoms with E-state index >= 15 is 0 Å². The molecule has 1 rings (SSSR count). The summed E-state index contributed by atoms with van der Waals surface area (Å²) in [6.07, 6.45) is 13.2. The highest BCUT2D eigenvalue weighted by Gasteiger charge is 1.84. The van der Waals surface area contributed by atoms with Gasteiger partial charge in [0, 0.05) is 11.9 Å². The Labute approximate surface area is 108 Å². The summed E-state index contributed by atoms with van der Waals surface area (Å²) in [5.74, 6) is 0. The fourth-order valence-electron chi connectivity index (χ4n) is 1.21. The number of aliphatic hydroxyl groups is 1. The van der Waals surface area contributed by atoms with Crippen LogP contribution in [0.25, 0.3) is 6.08 Å². The topological polar surface area (TPSA) is 58.6 Å². The van der Waals surface area contributed by atoms with Crippen molar-refractivity contribution in [2.75, 3.05) is 18.9 Å². The number of anilines is 1. The lowest BCUT2D eigenvalue weighted by Gasteiger charge is -1.93. The Bertz CT molecular complexity index is 442. The molecular formula is C15H18N2O. The monoisotopic (exact) mass is 242 g/mol. The van der Waals surface area contributed by atoms with Gasteiger partial charge >= 0.3 is 0 Å². The van der Waals surface area contributed by atoms with Gasteiger partial charge in [0.25, 0.3) is 0 Å². The van der Waals surface area contributed by atoms with Crippen molar-refractivity contribution in [2.45, 2.75) is 0 Å². The second-order valence-electron chi connectivity index (χ2n) is 3.57. The van der Waals surface area contributed by atoms with E-state index in [1.807, 2.05) is 60.7 Å². The fraction of sp³-hybridized carbons (Fsp3) is 0.133. The average molecular weight is 242 g/mol. The summed E-state index contributed by atoms with van der Waals surface area (Å²) in [5, 5.41) is 8.50. The third kappa shape index (κ3) is 6.45. The van der Waals surface area contributed by atoms with Crippen molar-refractivity contribution in [3.63, 3.8) is 0 Å². The van der Waals surface area contributed by atoms with Crippen LogP contribution in [0.4, 0.5) is 5.69 Å². The average Bonchev–Trinajstić information content (AvgIpc) is 2.39. The van der Waals surface area contributed by atoms with Gasteiger partial charge in [-0.1, -0.05) is 42.5 Å². The van der Waals surface area contributed by atoms with Gasteiger partial charge in [0.1, 0.15) is 0 Å². The molecule has 0 aliphatic heterocycles. The molecule has 1 aromatic carbocycles. The van der Waals surface area contributed by atoms with Crippen molar-refractivity contribution in [3.05, 3.63) is 60.2 Å². The number of aliphatic hydroxyl groups excluding tert-OH is 1. The minimum Gasteiger partial charge on any atom is -0.399 e. The minimum atomic E-state index is 0.0878. The van der Waals surface area contributed by atoms with E-state index in [9.17, 15) is 0 Å². The predicted octanol–water partition coefficient (Wildman–Crippen LogP) is 2.46. The molecule has 0 saturated carbocycles. The maximum atomic E-state index is 8.50. The van der Waals surface area contributed by atoms with Gasteiger partial charge in [-0.2, -0.15) is 0 Å². The SMILES string of the molecule is Nc1ccc(/C=C/C=C/C=C\C=NCCO)cc1. The Morgan fingerprint density at radius 2 is 1.67 bits per heavy atom. The van der Waals surface area contributed by atoms with Crippen LogP contribution in [0.5, 0.6) is 0 Å². The summed E-state index contributed by atoms with van der Waals surface area (Å²) in [6.45, 7) is 0.537. The van der Waals surface area contributed by atoms with Gasteiger partial charge in [0.2, 0.25) is 0 Å². The summed E-state index contributed by atoms with van der Waals surface area (Å²) in [7, 11) is 0. The number of aliphatic imine (C=N–C) groups is 1. The van der Waals surface area contributed by atoms with Crippen LogP contribution in [-0.4, -0.2) is 24.5 Å². The number of allylic oxidation sites excluding steroid dienone is 5. The molecule has 94 valence electrons. The molecule has 18 heavy (non-hydrogen) atoms. The van der Waals surface area contributed by atoms with Crippen molar-refractivity contribution >= 4 is 18.0 Å². The Morgan fingerprint density at radius 3 is 2.39 bits per heavy atom. The predicted molar refractivity (Wildman–Crippen MR) is 78.6 cm³/mol. The van der Waals surface area contributed by atoms with Crippen molar-refractivity contribution in [1.29, 1.82) is 0 Å². The van der Waals surface area contributed by atoms with Crippen molar-refractivity contribution in [1.82, 2.24) is 0 Å². The van der Waals surface area contributed by atoms with Crippen LogP contribution in [-0.2, 0) is 0 Å². The largest absolute Gasteiger partial charge is 0.399 e. The summed E-state index contributed by atoms with van der Waals surface area (Å²) in [4.78, 5) is 3.94. The van der Waals surface area contributed by atoms with E-state index in [-0.39, 0.29) is 6.61 Å². The third-order valence-electron chi connectivity index (χ3n) is 2.09. The number of nitrogens with two attached hydrogens (primary N) is 1. The molecule has 0 heterocycles. The van der Waals surface area contributed by atoms with Gasteiger partial charge in [-0.25, -0.2) is 0 Å². The summed E-state index contributed by atoms with van der Waals surface area (Å²) in [5.41, 5.74) is 7.48. The quantitative estimate of drug-likeness (QED) is 0.457. The first kappa shape index (κ1) is 13.9. The molecular weight excluding hydrogens is 224 g/mol. The van der Waals surface area contributed by atoms with E-state index in [1.54, 1.807) is 6.21 Å². The Hall–Kier alpha value is -2.13. The van der Waals surface area contributed by atoms with Crippen LogP contribution in [0, 0.1) is 0 Å². The number of hydrogen-bond donors (Lipinski definition) is 2. The second-order valence-corrected chi connectivity index (χ2v) is 3.57. The lowest BCUT2D eigenvalue weighted by Crippen LogP contribution is -1.85. The molecule has 0 saturated heterocycles. The number of hydrogen-bond acceptors (Lipinski definition) is 3. The highest BCUT2D eigenvalue weighted by atomic mass is 16.3. The molecule has 0 fully saturated rings. The van der Waals surface area contributed by atoms with Gasteiger partial charge in [-0.15, -0.1) is 0 Å². The van der Waals surface area contributed by atoms with E-state index in [4.69, 9.17) is 10.8 Å². The maximum Gasteiger partial charge on any atom is 0.0626 e. The lowest BCUT2D eigenvalue weighted by molar-refractivity contribution is 0.307. The molecule has 0 spiro atoms. The highest BCUT2D eigenvalue weighted by molar-refractivity contribution is 5.71. The normalized spacial score (nSPS) is 12.5. The van der Waals surface area contributed by atoms with E-state index < -0.39 is 0 Å². The van der Waals surface area contributed by atoms with Crippen LogP contribution in [0.3, 0.4) is 0 Å². The van der Waals surface area contributed by atoms with Crippen LogP contribution in [0.1, 0.15) is 5.56 Å². The Kier molecular flexibility index (Phi) is 6.93. The van der Waals surface area contributed by atoms with E-state index in [0.717, 1.165) is 11.3 Å². The summed E-state index contributed by atoms with van der Waals surface area (Å²) in [6, 6.07) is 7.69. The zero-order chi connectivity index (χ0) is 13.1. The first-order valence-corrected chi connectivity index (χ1v) is 5.79. The molecule has 3 nitrogen and oxygen atoms in total. The molecule has 0 aliphatic carbocycles. The highest BCUT2D eigenvalue weighted by Crippen LogP contribution is 2.06.